The Kier molecular flexibility index (Phi) is 2.84. The maximum atomic E-state index is 5.05. The molecule has 0 atom stereocenters. The van der Waals surface area contributed by atoms with E-state index in [4.69, 9.17) is 4.74 Å². The number of hydrogen-bond donors (Lipinski definition) is 0. The van der Waals surface area contributed by atoms with Crippen LogP contribution < -0.4 is 0 Å². The number of aromatic nitrogens is 2. The molecular formula is C10H11BrN2O. The lowest BCUT2D eigenvalue weighted by Crippen LogP contribution is -2.02. The molecule has 0 aliphatic carbocycles. The van der Waals surface area contributed by atoms with Crippen LogP contribution in [-0.4, -0.2) is 23.3 Å². The van der Waals surface area contributed by atoms with Gasteiger partial charge in [0.05, 0.1) is 18.3 Å². The van der Waals surface area contributed by atoms with Crippen LogP contribution in [0.2, 0.25) is 0 Å². The topological polar surface area (TPSA) is 27.1 Å². The summed E-state index contributed by atoms with van der Waals surface area (Å²) >= 11 is 3.52. The highest BCUT2D eigenvalue weighted by Gasteiger charge is 2.04. The first-order chi connectivity index (χ1) is 6.83. The molecule has 0 saturated heterocycles. The molecule has 0 saturated carbocycles. The molecule has 0 aliphatic heterocycles. The molecule has 3 nitrogen and oxygen atoms in total. The van der Waals surface area contributed by atoms with Crippen LogP contribution >= 0.6 is 15.9 Å². The minimum atomic E-state index is 0.713. The smallest absolute Gasteiger partial charge is 0.0679 e. The molecule has 0 aromatic carbocycles. The SMILES string of the molecule is COCCn1cc(Br)c2ccncc21. The number of hydrogen-bond acceptors (Lipinski definition) is 2. The molecule has 2 aromatic heterocycles. The zero-order valence-electron chi connectivity index (χ0n) is 7.90. The van der Waals surface area contributed by atoms with E-state index in [1.54, 1.807) is 13.3 Å². The maximum absolute atomic E-state index is 5.05. The number of ether oxygens (including phenoxy) is 1. The van der Waals surface area contributed by atoms with Gasteiger partial charge < -0.3 is 9.30 Å². The Morgan fingerprint density at radius 2 is 2.43 bits per heavy atom. The number of fused-ring (bicyclic) bond motifs is 1. The Balaban J connectivity index is 2.44. The van der Waals surface area contributed by atoms with Gasteiger partial charge in [0.15, 0.2) is 0 Å². The molecule has 74 valence electrons. The van der Waals surface area contributed by atoms with Crippen molar-refractivity contribution < 1.29 is 4.74 Å². The van der Waals surface area contributed by atoms with Gasteiger partial charge in [-0.05, 0) is 22.0 Å². The van der Waals surface area contributed by atoms with Crippen LogP contribution in [0.5, 0.6) is 0 Å². The normalized spacial score (nSPS) is 11.0. The van der Waals surface area contributed by atoms with Crippen molar-refractivity contribution in [3.63, 3.8) is 0 Å². The summed E-state index contributed by atoms with van der Waals surface area (Å²) in [6.45, 7) is 1.56. The molecule has 0 aliphatic rings. The highest BCUT2D eigenvalue weighted by molar-refractivity contribution is 9.10. The van der Waals surface area contributed by atoms with Gasteiger partial charge in [-0.3, -0.25) is 4.98 Å². The number of rotatable bonds is 3. The third-order valence-electron chi connectivity index (χ3n) is 2.17. The van der Waals surface area contributed by atoms with Crippen LogP contribution in [0.4, 0.5) is 0 Å². The number of nitrogens with zero attached hydrogens (tertiary/aromatic N) is 2. The Hall–Kier alpha value is -0.870. The monoisotopic (exact) mass is 254 g/mol. The number of methoxy groups -OCH3 is 1. The predicted octanol–water partition coefficient (Wildman–Crippen LogP) is 2.45. The standard InChI is InChI=1S/C10H11BrN2O/c1-14-5-4-13-7-9(11)8-2-3-12-6-10(8)13/h2-3,6-7H,4-5H2,1H3. The van der Waals surface area contributed by atoms with E-state index >= 15 is 0 Å². The highest BCUT2D eigenvalue weighted by Crippen LogP contribution is 2.24. The lowest BCUT2D eigenvalue weighted by Gasteiger charge is -2.02. The van der Waals surface area contributed by atoms with Gasteiger partial charge >= 0.3 is 0 Å². The Morgan fingerprint density at radius 3 is 3.21 bits per heavy atom. The molecule has 2 rings (SSSR count). The maximum Gasteiger partial charge on any atom is 0.0679 e. The Bertz CT molecular complexity index is 439. The summed E-state index contributed by atoms with van der Waals surface area (Å²) in [6, 6.07) is 2.00. The van der Waals surface area contributed by atoms with Gasteiger partial charge in [0.2, 0.25) is 0 Å². The van der Waals surface area contributed by atoms with Crippen LogP contribution in [0.1, 0.15) is 0 Å². The van der Waals surface area contributed by atoms with Crippen molar-refractivity contribution in [2.45, 2.75) is 6.54 Å². The van der Waals surface area contributed by atoms with E-state index in [0.29, 0.717) is 6.61 Å². The average molecular weight is 255 g/mol. The van der Waals surface area contributed by atoms with E-state index in [1.165, 1.54) is 5.39 Å². The van der Waals surface area contributed by atoms with Crippen molar-refractivity contribution in [3.05, 3.63) is 29.1 Å². The zero-order valence-corrected chi connectivity index (χ0v) is 9.49. The average Bonchev–Trinajstić information content (AvgIpc) is 2.54. The van der Waals surface area contributed by atoms with Crippen molar-refractivity contribution in [2.24, 2.45) is 0 Å². The first-order valence-corrected chi connectivity index (χ1v) is 5.19. The molecule has 4 heteroatoms. The fourth-order valence-corrected chi connectivity index (χ4v) is 2.05. The molecule has 2 aromatic rings. The Morgan fingerprint density at radius 1 is 1.57 bits per heavy atom. The molecule has 0 N–H and O–H groups in total. The van der Waals surface area contributed by atoms with Crippen LogP contribution in [0, 0.1) is 0 Å². The second-order valence-corrected chi connectivity index (χ2v) is 3.91. The largest absolute Gasteiger partial charge is 0.383 e. The first kappa shape index (κ1) is 9.68. The summed E-state index contributed by atoms with van der Waals surface area (Å²) in [7, 11) is 1.71. The molecule has 0 unspecified atom stereocenters. The van der Waals surface area contributed by atoms with Gasteiger partial charge in [-0.1, -0.05) is 0 Å². The van der Waals surface area contributed by atoms with Gasteiger partial charge in [0.1, 0.15) is 0 Å². The second kappa shape index (κ2) is 4.11. The van der Waals surface area contributed by atoms with E-state index in [0.717, 1.165) is 16.5 Å². The van der Waals surface area contributed by atoms with Crippen LogP contribution in [0.15, 0.2) is 29.1 Å². The van der Waals surface area contributed by atoms with Gasteiger partial charge in [0.25, 0.3) is 0 Å². The van der Waals surface area contributed by atoms with Gasteiger partial charge in [-0.15, -0.1) is 0 Å². The number of pyridine rings is 1. The van der Waals surface area contributed by atoms with E-state index in [2.05, 4.69) is 31.7 Å². The molecule has 0 fully saturated rings. The van der Waals surface area contributed by atoms with Crippen molar-refractivity contribution in [3.8, 4) is 0 Å². The van der Waals surface area contributed by atoms with Crippen molar-refractivity contribution >= 4 is 26.8 Å². The molecule has 0 spiro atoms. The Labute approximate surface area is 90.8 Å². The third kappa shape index (κ3) is 1.67. The second-order valence-electron chi connectivity index (χ2n) is 3.06. The quantitative estimate of drug-likeness (QED) is 0.842. The van der Waals surface area contributed by atoms with Gasteiger partial charge in [-0.25, -0.2) is 0 Å². The molecule has 2 heterocycles. The lowest BCUT2D eigenvalue weighted by molar-refractivity contribution is 0.188. The van der Waals surface area contributed by atoms with Crippen LogP contribution in [0.3, 0.4) is 0 Å². The first-order valence-electron chi connectivity index (χ1n) is 4.40. The summed E-state index contributed by atoms with van der Waals surface area (Å²) in [5.41, 5.74) is 1.14. The summed E-state index contributed by atoms with van der Waals surface area (Å²) in [5.74, 6) is 0. The molecule has 0 amide bonds. The summed E-state index contributed by atoms with van der Waals surface area (Å²) in [6.07, 6.45) is 5.73. The molecule has 0 bridgehead atoms. The summed E-state index contributed by atoms with van der Waals surface area (Å²) < 4.78 is 8.29. The van der Waals surface area contributed by atoms with Crippen molar-refractivity contribution in [1.29, 1.82) is 0 Å². The summed E-state index contributed by atoms with van der Waals surface area (Å²) in [5, 5.41) is 1.19. The fraction of sp³-hybridized carbons (Fsp3) is 0.300. The number of halogens is 1. The van der Waals surface area contributed by atoms with E-state index < -0.39 is 0 Å². The van der Waals surface area contributed by atoms with Gasteiger partial charge in [-0.2, -0.15) is 0 Å². The summed E-state index contributed by atoms with van der Waals surface area (Å²) in [4.78, 5) is 4.11. The fourth-order valence-electron chi connectivity index (χ4n) is 1.47. The lowest BCUT2D eigenvalue weighted by atomic mass is 10.3. The van der Waals surface area contributed by atoms with E-state index in [9.17, 15) is 0 Å². The molecular weight excluding hydrogens is 244 g/mol. The van der Waals surface area contributed by atoms with Crippen molar-refractivity contribution in [1.82, 2.24) is 9.55 Å². The zero-order chi connectivity index (χ0) is 9.97. The molecule has 14 heavy (non-hydrogen) atoms. The minimum Gasteiger partial charge on any atom is -0.383 e. The third-order valence-corrected chi connectivity index (χ3v) is 2.80. The predicted molar refractivity (Wildman–Crippen MR) is 59.3 cm³/mol. The van der Waals surface area contributed by atoms with E-state index in [-0.39, 0.29) is 0 Å². The van der Waals surface area contributed by atoms with Crippen molar-refractivity contribution in [2.75, 3.05) is 13.7 Å². The van der Waals surface area contributed by atoms with E-state index in [1.807, 2.05) is 12.3 Å². The van der Waals surface area contributed by atoms with Crippen LogP contribution in [-0.2, 0) is 11.3 Å². The molecule has 0 radical (unpaired) electrons. The minimum absolute atomic E-state index is 0.713. The highest BCUT2D eigenvalue weighted by atomic mass is 79.9. The van der Waals surface area contributed by atoms with Crippen LogP contribution in [0.25, 0.3) is 10.9 Å². The van der Waals surface area contributed by atoms with Gasteiger partial charge in [0, 0.05) is 35.9 Å².